The third kappa shape index (κ3) is 1.50. The van der Waals surface area contributed by atoms with E-state index < -0.39 is 0 Å². The fourth-order valence-electron chi connectivity index (χ4n) is 1.26. The van der Waals surface area contributed by atoms with Gasteiger partial charge in [0.1, 0.15) is 13.1 Å². The summed E-state index contributed by atoms with van der Waals surface area (Å²) >= 11 is 0. The van der Waals surface area contributed by atoms with Crippen molar-refractivity contribution in [2.45, 2.75) is 13.8 Å². The number of allylic oxidation sites excluding steroid dienone is 1. The first-order valence-corrected chi connectivity index (χ1v) is 3.82. The summed E-state index contributed by atoms with van der Waals surface area (Å²) in [6, 6.07) is 0. The van der Waals surface area contributed by atoms with Gasteiger partial charge in [-0.2, -0.15) is 0 Å². The van der Waals surface area contributed by atoms with E-state index in [0.717, 1.165) is 30.2 Å². The molecule has 0 aliphatic carbocycles. The summed E-state index contributed by atoms with van der Waals surface area (Å²) < 4.78 is 2.16. The van der Waals surface area contributed by atoms with Gasteiger partial charge in [-0.1, -0.05) is 13.2 Å². The lowest BCUT2D eigenvalue weighted by Gasteiger charge is -2.00. The number of nitrogens with one attached hydrogen (secondary N) is 1. The fourth-order valence-corrected chi connectivity index (χ4v) is 1.26. The van der Waals surface area contributed by atoms with Crippen LogP contribution in [0.1, 0.15) is 13.8 Å². The summed E-state index contributed by atoms with van der Waals surface area (Å²) in [6.45, 7) is 13.8. The minimum Gasteiger partial charge on any atom is -0.270 e. The van der Waals surface area contributed by atoms with Crippen LogP contribution >= 0.6 is 0 Å². The van der Waals surface area contributed by atoms with Crippen LogP contribution in [-0.2, 0) is 0 Å². The zero-order valence-corrected chi connectivity index (χ0v) is 7.28. The topological polar surface area (TPSA) is 15.0 Å². The van der Waals surface area contributed by atoms with Gasteiger partial charge in [-0.15, -0.1) is 0 Å². The van der Waals surface area contributed by atoms with Crippen LogP contribution in [0.15, 0.2) is 24.4 Å². The van der Waals surface area contributed by atoms with E-state index in [9.17, 15) is 0 Å². The molecule has 0 aromatic heterocycles. The largest absolute Gasteiger partial charge is 0.277 e. The predicted octanol–water partition coefficient (Wildman–Crippen LogP) is 1.11. The first-order chi connectivity index (χ1) is 5.13. The van der Waals surface area contributed by atoms with Crippen molar-refractivity contribution in [3.63, 3.8) is 0 Å². The number of hydrogen-bond acceptors (Lipinski definition) is 1. The average Bonchev–Trinajstić information content (AvgIpc) is 2.32. The zero-order valence-electron chi connectivity index (χ0n) is 7.28. The van der Waals surface area contributed by atoms with Gasteiger partial charge in [0.2, 0.25) is 0 Å². The number of nitrogens with zero attached hydrogens (tertiary/aromatic N) is 1. The Bertz CT molecular complexity index is 212. The first kappa shape index (κ1) is 8.05. The molecule has 0 spiro atoms. The van der Waals surface area contributed by atoms with Crippen LogP contribution in [0.25, 0.3) is 0 Å². The molecule has 11 heavy (non-hydrogen) atoms. The molecule has 1 rings (SSSR count). The summed E-state index contributed by atoms with van der Waals surface area (Å²) in [5, 5.41) is 3.27. The number of rotatable bonds is 2. The Labute approximate surface area is 67.9 Å². The van der Waals surface area contributed by atoms with Gasteiger partial charge in [0.25, 0.3) is 5.84 Å². The van der Waals surface area contributed by atoms with E-state index in [0.29, 0.717) is 0 Å². The van der Waals surface area contributed by atoms with Gasteiger partial charge in [-0.3, -0.25) is 5.32 Å². The Morgan fingerprint density at radius 2 is 2.09 bits per heavy atom. The lowest BCUT2D eigenvalue weighted by Crippen LogP contribution is -2.22. The molecule has 0 saturated carbocycles. The highest BCUT2D eigenvalue weighted by Gasteiger charge is 2.21. The van der Waals surface area contributed by atoms with Crippen molar-refractivity contribution in [1.82, 2.24) is 5.32 Å². The lowest BCUT2D eigenvalue weighted by atomic mass is 10.3. The Hall–Kier alpha value is -1.05. The molecular weight excluding hydrogens is 136 g/mol. The normalized spacial score (nSPS) is 16.5. The van der Waals surface area contributed by atoms with Crippen molar-refractivity contribution < 1.29 is 4.58 Å². The Morgan fingerprint density at radius 3 is 2.45 bits per heavy atom. The Kier molecular flexibility index (Phi) is 2.13. The molecule has 2 heteroatoms. The van der Waals surface area contributed by atoms with Gasteiger partial charge in [0.15, 0.2) is 0 Å². The van der Waals surface area contributed by atoms with E-state index in [4.69, 9.17) is 0 Å². The van der Waals surface area contributed by atoms with Crippen LogP contribution in [0, 0.1) is 0 Å². The summed E-state index contributed by atoms with van der Waals surface area (Å²) in [6.07, 6.45) is 0. The quantitative estimate of drug-likeness (QED) is 0.584. The molecular formula is C9H15N2+. The summed E-state index contributed by atoms with van der Waals surface area (Å²) in [5.74, 6) is 1.12. The molecule has 1 aliphatic rings. The maximum atomic E-state index is 3.89. The predicted molar refractivity (Wildman–Crippen MR) is 47.8 cm³/mol. The molecule has 1 aliphatic heterocycles. The van der Waals surface area contributed by atoms with Gasteiger partial charge in [-0.05, 0) is 13.8 Å². The second-order valence-electron chi connectivity index (χ2n) is 2.94. The molecule has 0 unspecified atom stereocenters. The van der Waals surface area contributed by atoms with Gasteiger partial charge >= 0.3 is 0 Å². The van der Waals surface area contributed by atoms with Gasteiger partial charge < -0.3 is 0 Å². The maximum absolute atomic E-state index is 3.89. The highest BCUT2D eigenvalue weighted by Crippen LogP contribution is 2.01. The summed E-state index contributed by atoms with van der Waals surface area (Å²) in [5.41, 5.74) is 2.15. The molecule has 2 nitrogen and oxygen atoms in total. The monoisotopic (exact) mass is 151 g/mol. The number of amidine groups is 1. The third-order valence-corrected chi connectivity index (χ3v) is 1.76. The van der Waals surface area contributed by atoms with Crippen LogP contribution in [0.3, 0.4) is 0 Å². The number of hydrogen-bond donors (Lipinski definition) is 1. The molecule has 0 atom stereocenters. The van der Waals surface area contributed by atoms with Crippen LogP contribution in [0.2, 0.25) is 0 Å². The van der Waals surface area contributed by atoms with Crippen LogP contribution in [0.5, 0.6) is 0 Å². The van der Waals surface area contributed by atoms with E-state index >= 15 is 0 Å². The first-order valence-electron chi connectivity index (χ1n) is 3.82. The van der Waals surface area contributed by atoms with Crippen LogP contribution < -0.4 is 5.32 Å². The molecule has 0 bridgehead atoms. The molecule has 60 valence electrons. The maximum Gasteiger partial charge on any atom is 0.277 e. The highest BCUT2D eigenvalue weighted by atomic mass is 15.2. The molecule has 1 N–H and O–H groups in total. The Balaban J connectivity index is 2.95. The van der Waals surface area contributed by atoms with Crippen molar-refractivity contribution >= 4 is 5.84 Å². The summed E-state index contributed by atoms with van der Waals surface area (Å²) in [7, 11) is 0. The van der Waals surface area contributed by atoms with Crippen LogP contribution in [0.4, 0.5) is 0 Å². The lowest BCUT2D eigenvalue weighted by molar-refractivity contribution is -0.464. The van der Waals surface area contributed by atoms with Crippen molar-refractivity contribution in [3.8, 4) is 0 Å². The SMILES string of the molecule is C=C(C)C1=[N+](C(=C)C)CCN1. The summed E-state index contributed by atoms with van der Waals surface area (Å²) in [4.78, 5) is 0. The fraction of sp³-hybridized carbons (Fsp3) is 0.444. The van der Waals surface area contributed by atoms with E-state index in [1.165, 1.54) is 0 Å². The molecule has 0 aromatic rings. The van der Waals surface area contributed by atoms with Crippen molar-refractivity contribution in [1.29, 1.82) is 0 Å². The van der Waals surface area contributed by atoms with E-state index in [1.807, 2.05) is 13.8 Å². The van der Waals surface area contributed by atoms with Crippen molar-refractivity contribution in [3.05, 3.63) is 24.4 Å². The molecule has 0 aromatic carbocycles. The standard InChI is InChI=1S/C9H14N2/c1-7(2)9-10-5-6-11(9)8(3)4/h1,3,5-6H2,2,4H3/p+1. The molecule has 0 saturated heterocycles. The van der Waals surface area contributed by atoms with Gasteiger partial charge in [0.05, 0.1) is 5.70 Å². The minimum atomic E-state index is 0.995. The molecule has 0 amide bonds. The van der Waals surface area contributed by atoms with E-state index in [-0.39, 0.29) is 0 Å². The second-order valence-corrected chi connectivity index (χ2v) is 2.94. The zero-order chi connectivity index (χ0) is 8.43. The van der Waals surface area contributed by atoms with Crippen molar-refractivity contribution in [2.75, 3.05) is 13.1 Å². The average molecular weight is 151 g/mol. The Morgan fingerprint density at radius 1 is 1.45 bits per heavy atom. The van der Waals surface area contributed by atoms with E-state index in [2.05, 4.69) is 23.1 Å². The smallest absolute Gasteiger partial charge is 0.270 e. The van der Waals surface area contributed by atoms with Gasteiger partial charge in [-0.25, -0.2) is 4.58 Å². The van der Waals surface area contributed by atoms with Crippen LogP contribution in [-0.4, -0.2) is 23.5 Å². The molecule has 1 heterocycles. The molecule has 0 fully saturated rings. The molecule has 0 radical (unpaired) electrons. The van der Waals surface area contributed by atoms with E-state index in [1.54, 1.807) is 0 Å². The van der Waals surface area contributed by atoms with Crippen molar-refractivity contribution in [2.24, 2.45) is 0 Å². The third-order valence-electron chi connectivity index (χ3n) is 1.76. The van der Waals surface area contributed by atoms with Gasteiger partial charge in [0, 0.05) is 5.57 Å². The highest BCUT2D eigenvalue weighted by molar-refractivity contribution is 5.94. The second kappa shape index (κ2) is 2.91. The minimum absolute atomic E-state index is 0.995.